The normalized spacial score (nSPS) is 21.7. The van der Waals surface area contributed by atoms with E-state index >= 15 is 0 Å². The Morgan fingerprint density at radius 1 is 1.61 bits per heavy atom. The molecule has 1 aromatic carbocycles. The van der Waals surface area contributed by atoms with E-state index < -0.39 is 11.4 Å². The van der Waals surface area contributed by atoms with Crippen LogP contribution in [0.15, 0.2) is 36.9 Å². The van der Waals surface area contributed by atoms with Gasteiger partial charge < -0.3 is 9.84 Å². The maximum absolute atomic E-state index is 11.3. The van der Waals surface area contributed by atoms with Gasteiger partial charge in [0, 0.05) is 0 Å². The van der Waals surface area contributed by atoms with Gasteiger partial charge in [-0.3, -0.25) is 4.79 Å². The average Bonchev–Trinajstić information content (AvgIpc) is 2.39. The molecule has 1 heterocycles. The highest BCUT2D eigenvalue weighted by Gasteiger charge is 2.35. The van der Waals surface area contributed by atoms with E-state index in [-0.39, 0.29) is 6.10 Å². The molecular formula is C15H18O3. The number of ether oxygens (including phenoxy) is 1. The fourth-order valence-corrected chi connectivity index (χ4v) is 2.29. The Morgan fingerprint density at radius 2 is 2.33 bits per heavy atom. The zero-order valence-corrected chi connectivity index (χ0v) is 10.6. The van der Waals surface area contributed by atoms with Crippen LogP contribution in [0.5, 0.6) is 0 Å². The Bertz CT molecular complexity index is 467. The number of carboxylic acid groups (broad SMARTS) is 1. The summed E-state index contributed by atoms with van der Waals surface area (Å²) in [6.45, 7) is 5.97. The standard InChI is InChI=1S/C15H18O3/c1-3-15(2,14(16)17)10-13-12-7-5-4-6-11(12)8-9-18-13/h3-7,13H,1,8-10H2,2H3,(H,16,17). The quantitative estimate of drug-likeness (QED) is 0.831. The number of carboxylic acids is 1. The van der Waals surface area contributed by atoms with Crippen LogP contribution in [0.25, 0.3) is 0 Å². The van der Waals surface area contributed by atoms with Crippen molar-refractivity contribution in [2.24, 2.45) is 5.41 Å². The van der Waals surface area contributed by atoms with Crippen LogP contribution in [0, 0.1) is 5.41 Å². The maximum atomic E-state index is 11.3. The van der Waals surface area contributed by atoms with E-state index in [0.29, 0.717) is 13.0 Å². The molecule has 1 aromatic rings. The highest BCUT2D eigenvalue weighted by Crippen LogP contribution is 2.37. The van der Waals surface area contributed by atoms with Crippen molar-refractivity contribution in [2.45, 2.75) is 25.9 Å². The van der Waals surface area contributed by atoms with Crippen LogP contribution in [0.2, 0.25) is 0 Å². The van der Waals surface area contributed by atoms with Crippen LogP contribution in [-0.2, 0) is 16.0 Å². The molecule has 2 rings (SSSR count). The zero-order valence-electron chi connectivity index (χ0n) is 10.6. The number of hydrogen-bond acceptors (Lipinski definition) is 2. The third-order valence-corrected chi connectivity index (χ3v) is 3.64. The molecule has 0 spiro atoms. The smallest absolute Gasteiger partial charge is 0.313 e. The van der Waals surface area contributed by atoms with E-state index in [9.17, 15) is 9.90 Å². The van der Waals surface area contributed by atoms with Crippen molar-refractivity contribution in [3.63, 3.8) is 0 Å². The molecule has 0 fully saturated rings. The molecule has 1 aliphatic heterocycles. The molecule has 2 unspecified atom stereocenters. The van der Waals surface area contributed by atoms with Gasteiger partial charge >= 0.3 is 5.97 Å². The van der Waals surface area contributed by atoms with E-state index in [4.69, 9.17) is 4.74 Å². The van der Waals surface area contributed by atoms with Gasteiger partial charge in [0.2, 0.25) is 0 Å². The van der Waals surface area contributed by atoms with Gasteiger partial charge in [0.25, 0.3) is 0 Å². The summed E-state index contributed by atoms with van der Waals surface area (Å²) in [5.41, 5.74) is 1.42. The average molecular weight is 246 g/mol. The maximum Gasteiger partial charge on any atom is 0.313 e. The highest BCUT2D eigenvalue weighted by molar-refractivity contribution is 5.76. The minimum atomic E-state index is -0.949. The summed E-state index contributed by atoms with van der Waals surface area (Å²) in [6, 6.07) is 8.07. The number of benzene rings is 1. The Kier molecular flexibility index (Phi) is 3.53. The second-order valence-electron chi connectivity index (χ2n) is 4.94. The summed E-state index contributed by atoms with van der Waals surface area (Å²) >= 11 is 0. The van der Waals surface area contributed by atoms with Crippen molar-refractivity contribution in [1.82, 2.24) is 0 Å². The van der Waals surface area contributed by atoms with Crippen LogP contribution in [0.3, 0.4) is 0 Å². The third-order valence-electron chi connectivity index (χ3n) is 3.64. The molecule has 3 heteroatoms. The number of aliphatic carboxylic acids is 1. The zero-order chi connectivity index (χ0) is 13.2. The van der Waals surface area contributed by atoms with Gasteiger partial charge in [0.1, 0.15) is 0 Å². The number of rotatable bonds is 4. The van der Waals surface area contributed by atoms with Gasteiger partial charge in [0.15, 0.2) is 0 Å². The molecule has 0 radical (unpaired) electrons. The molecule has 0 amide bonds. The first-order valence-corrected chi connectivity index (χ1v) is 6.13. The van der Waals surface area contributed by atoms with Gasteiger partial charge in [0.05, 0.1) is 18.1 Å². The fraction of sp³-hybridized carbons (Fsp3) is 0.400. The minimum Gasteiger partial charge on any atom is -0.481 e. The van der Waals surface area contributed by atoms with Crippen LogP contribution >= 0.6 is 0 Å². The lowest BCUT2D eigenvalue weighted by atomic mass is 9.81. The van der Waals surface area contributed by atoms with Gasteiger partial charge in [-0.05, 0) is 30.9 Å². The topological polar surface area (TPSA) is 46.5 Å². The number of hydrogen-bond donors (Lipinski definition) is 1. The van der Waals surface area contributed by atoms with Crippen molar-refractivity contribution in [1.29, 1.82) is 0 Å². The lowest BCUT2D eigenvalue weighted by Crippen LogP contribution is -2.30. The first kappa shape index (κ1) is 12.8. The number of carbonyl (C=O) groups is 1. The second kappa shape index (κ2) is 4.94. The molecule has 18 heavy (non-hydrogen) atoms. The van der Waals surface area contributed by atoms with E-state index in [2.05, 4.69) is 12.6 Å². The Morgan fingerprint density at radius 3 is 3.00 bits per heavy atom. The van der Waals surface area contributed by atoms with Crippen molar-refractivity contribution in [3.05, 3.63) is 48.0 Å². The first-order valence-electron chi connectivity index (χ1n) is 6.13. The summed E-state index contributed by atoms with van der Waals surface area (Å²) < 4.78 is 5.74. The summed E-state index contributed by atoms with van der Waals surface area (Å²) in [5.74, 6) is -0.857. The lowest BCUT2D eigenvalue weighted by Gasteiger charge is -2.31. The number of fused-ring (bicyclic) bond motifs is 1. The van der Waals surface area contributed by atoms with Gasteiger partial charge in [-0.25, -0.2) is 0 Å². The Labute approximate surface area is 107 Å². The molecule has 0 saturated carbocycles. The van der Waals surface area contributed by atoms with Crippen LogP contribution in [-0.4, -0.2) is 17.7 Å². The van der Waals surface area contributed by atoms with Crippen molar-refractivity contribution >= 4 is 5.97 Å². The molecule has 0 bridgehead atoms. The molecular weight excluding hydrogens is 228 g/mol. The SMILES string of the molecule is C=CC(C)(CC1OCCc2ccccc21)C(=O)O. The minimum absolute atomic E-state index is 0.158. The van der Waals surface area contributed by atoms with E-state index in [1.54, 1.807) is 6.92 Å². The van der Waals surface area contributed by atoms with Crippen LogP contribution < -0.4 is 0 Å². The van der Waals surface area contributed by atoms with Crippen molar-refractivity contribution < 1.29 is 14.6 Å². The Hall–Kier alpha value is -1.61. The molecule has 0 aromatic heterocycles. The van der Waals surface area contributed by atoms with Gasteiger partial charge in [-0.1, -0.05) is 30.3 Å². The monoisotopic (exact) mass is 246 g/mol. The summed E-state index contributed by atoms with van der Waals surface area (Å²) in [6.07, 6.45) is 2.65. The van der Waals surface area contributed by atoms with Gasteiger partial charge in [-0.2, -0.15) is 0 Å². The predicted molar refractivity (Wildman–Crippen MR) is 69.4 cm³/mol. The van der Waals surface area contributed by atoms with Crippen molar-refractivity contribution in [2.75, 3.05) is 6.61 Å². The van der Waals surface area contributed by atoms with Crippen molar-refractivity contribution in [3.8, 4) is 0 Å². The van der Waals surface area contributed by atoms with Crippen LogP contribution in [0.1, 0.15) is 30.6 Å². The summed E-state index contributed by atoms with van der Waals surface area (Å²) in [7, 11) is 0. The highest BCUT2D eigenvalue weighted by atomic mass is 16.5. The lowest BCUT2D eigenvalue weighted by molar-refractivity contribution is -0.147. The molecule has 1 aliphatic rings. The van der Waals surface area contributed by atoms with E-state index in [1.165, 1.54) is 11.6 Å². The first-order chi connectivity index (χ1) is 8.57. The molecule has 3 nitrogen and oxygen atoms in total. The predicted octanol–water partition coefficient (Wildman–Crippen LogP) is 2.97. The molecule has 2 atom stereocenters. The van der Waals surface area contributed by atoms with E-state index in [0.717, 1.165) is 12.0 Å². The molecule has 0 saturated heterocycles. The molecule has 1 N–H and O–H groups in total. The fourth-order valence-electron chi connectivity index (χ4n) is 2.29. The van der Waals surface area contributed by atoms with E-state index in [1.807, 2.05) is 18.2 Å². The molecule has 96 valence electrons. The Balaban J connectivity index is 2.26. The summed E-state index contributed by atoms with van der Waals surface area (Å²) in [5, 5.41) is 9.28. The second-order valence-corrected chi connectivity index (χ2v) is 4.94. The third kappa shape index (κ3) is 2.31. The molecule has 0 aliphatic carbocycles. The van der Waals surface area contributed by atoms with Gasteiger partial charge in [-0.15, -0.1) is 6.58 Å². The largest absolute Gasteiger partial charge is 0.481 e. The summed E-state index contributed by atoms with van der Waals surface area (Å²) in [4.78, 5) is 11.3. The van der Waals surface area contributed by atoms with Crippen LogP contribution in [0.4, 0.5) is 0 Å².